The van der Waals surface area contributed by atoms with Crippen LogP contribution >= 0.6 is 23.4 Å². The predicted molar refractivity (Wildman–Crippen MR) is 115 cm³/mol. The van der Waals surface area contributed by atoms with Crippen molar-refractivity contribution in [2.75, 3.05) is 32.7 Å². The average molecular weight is 433 g/mol. The molecule has 0 aliphatic carbocycles. The number of ether oxygens (including phenoxy) is 2. The summed E-state index contributed by atoms with van der Waals surface area (Å²) in [5, 5.41) is 3.34. The van der Waals surface area contributed by atoms with E-state index in [9.17, 15) is 9.59 Å². The van der Waals surface area contributed by atoms with Gasteiger partial charge < -0.3 is 19.7 Å². The van der Waals surface area contributed by atoms with Crippen LogP contribution in [0.25, 0.3) is 6.08 Å². The molecule has 2 amide bonds. The molecule has 2 aromatic carbocycles. The second-order valence-electron chi connectivity index (χ2n) is 6.29. The van der Waals surface area contributed by atoms with Gasteiger partial charge in [0.15, 0.2) is 6.29 Å². The largest absolute Gasteiger partial charge is 0.354 e. The van der Waals surface area contributed by atoms with E-state index in [-0.39, 0.29) is 18.4 Å². The Hall–Kier alpha value is -2.32. The number of carbonyl (C=O) groups excluding carboxylic acids is 2. The van der Waals surface area contributed by atoms with Crippen LogP contribution in [0.15, 0.2) is 52.3 Å². The summed E-state index contributed by atoms with van der Waals surface area (Å²) in [4.78, 5) is 28.3. The van der Waals surface area contributed by atoms with Gasteiger partial charge in [-0.05, 0) is 35.9 Å². The highest BCUT2D eigenvalue weighted by molar-refractivity contribution is 8.04. The van der Waals surface area contributed by atoms with E-state index < -0.39 is 6.29 Å². The fourth-order valence-corrected chi connectivity index (χ4v) is 4.08. The van der Waals surface area contributed by atoms with E-state index in [0.717, 1.165) is 10.5 Å². The minimum atomic E-state index is -0.520. The number of fused-ring (bicyclic) bond motifs is 1. The molecule has 0 fully saturated rings. The lowest BCUT2D eigenvalue weighted by molar-refractivity contribution is -0.114. The number of rotatable bonds is 6. The third-order valence-corrected chi connectivity index (χ3v) is 5.89. The van der Waals surface area contributed by atoms with Gasteiger partial charge in [0.2, 0.25) is 0 Å². The maximum Gasteiger partial charge on any atom is 0.264 e. The van der Waals surface area contributed by atoms with E-state index in [4.69, 9.17) is 21.1 Å². The summed E-state index contributed by atoms with van der Waals surface area (Å²) in [7, 11) is 4.70. The number of thioether (sulfide) groups is 1. The number of anilines is 1. The highest BCUT2D eigenvalue weighted by Crippen LogP contribution is 2.42. The highest BCUT2D eigenvalue weighted by Gasteiger charge is 2.27. The molecule has 6 nitrogen and oxygen atoms in total. The summed E-state index contributed by atoms with van der Waals surface area (Å²) in [6.45, 7) is 0.219. The molecule has 0 atom stereocenters. The Balaban J connectivity index is 1.83. The van der Waals surface area contributed by atoms with E-state index >= 15 is 0 Å². The molecule has 8 heteroatoms. The Morgan fingerprint density at radius 3 is 2.66 bits per heavy atom. The average Bonchev–Trinajstić information content (AvgIpc) is 2.73. The van der Waals surface area contributed by atoms with Gasteiger partial charge >= 0.3 is 0 Å². The molecule has 152 valence electrons. The van der Waals surface area contributed by atoms with E-state index in [1.165, 1.54) is 26.0 Å². The van der Waals surface area contributed by atoms with E-state index in [1.807, 2.05) is 24.3 Å². The van der Waals surface area contributed by atoms with Crippen LogP contribution in [0.2, 0.25) is 5.02 Å². The van der Waals surface area contributed by atoms with Crippen molar-refractivity contribution >= 4 is 46.9 Å². The zero-order valence-electron chi connectivity index (χ0n) is 16.3. The first kappa shape index (κ1) is 21.4. The predicted octanol–water partition coefficient (Wildman–Crippen LogP) is 3.80. The summed E-state index contributed by atoms with van der Waals surface area (Å²) < 4.78 is 10.1. The number of hydrogen-bond acceptors (Lipinski definition) is 5. The standard InChI is InChI=1S/C21H21ClN2O4S/c1-24-16-10-14(20(25)23-12-19(27-2)28-3)8-9-17(16)29-18(21(24)26)11-13-6-4-5-7-15(13)22/h4-11,19H,12H2,1-3H3,(H,23,25)/b18-11-. The number of nitrogens with zero attached hydrogens (tertiary/aromatic N) is 1. The van der Waals surface area contributed by atoms with Crippen molar-refractivity contribution in [2.45, 2.75) is 11.2 Å². The maximum absolute atomic E-state index is 12.8. The van der Waals surface area contributed by atoms with Crippen molar-refractivity contribution in [1.29, 1.82) is 0 Å². The minimum Gasteiger partial charge on any atom is -0.354 e. The normalized spacial score (nSPS) is 15.0. The van der Waals surface area contributed by atoms with Crippen molar-refractivity contribution in [3.63, 3.8) is 0 Å². The van der Waals surface area contributed by atoms with E-state index in [2.05, 4.69) is 5.32 Å². The topological polar surface area (TPSA) is 67.9 Å². The number of amides is 2. The minimum absolute atomic E-state index is 0.154. The number of carbonyl (C=O) groups is 2. The number of nitrogens with one attached hydrogen (secondary N) is 1. The molecule has 0 bridgehead atoms. The van der Waals surface area contributed by atoms with Crippen LogP contribution in [0.3, 0.4) is 0 Å². The monoisotopic (exact) mass is 432 g/mol. The van der Waals surface area contributed by atoms with Crippen LogP contribution in [0.4, 0.5) is 5.69 Å². The number of likely N-dealkylation sites (N-methyl/N-ethyl adjacent to an activating group) is 1. The first-order valence-corrected chi connectivity index (χ1v) is 10.0. The molecule has 1 aliphatic heterocycles. The summed E-state index contributed by atoms with van der Waals surface area (Å²) in [6, 6.07) is 12.6. The molecule has 0 spiro atoms. The first-order valence-electron chi connectivity index (χ1n) is 8.84. The molecule has 0 aromatic heterocycles. The first-order chi connectivity index (χ1) is 13.9. The third-order valence-electron chi connectivity index (χ3n) is 4.46. The van der Waals surface area contributed by atoms with Gasteiger partial charge in [-0.2, -0.15) is 0 Å². The van der Waals surface area contributed by atoms with Gasteiger partial charge in [-0.25, -0.2) is 0 Å². The zero-order chi connectivity index (χ0) is 21.0. The van der Waals surface area contributed by atoms with Crippen molar-refractivity contribution in [3.8, 4) is 0 Å². The molecule has 0 saturated heterocycles. The molecule has 2 aromatic rings. The summed E-state index contributed by atoms with van der Waals surface area (Å²) in [5.41, 5.74) is 1.91. The molecular formula is C21H21ClN2O4S. The molecule has 0 unspecified atom stereocenters. The van der Waals surface area contributed by atoms with E-state index in [0.29, 0.717) is 21.2 Å². The van der Waals surface area contributed by atoms with Crippen molar-refractivity contribution in [1.82, 2.24) is 5.32 Å². The molecule has 1 heterocycles. The molecule has 1 aliphatic rings. The van der Waals surface area contributed by atoms with Crippen LogP contribution in [-0.2, 0) is 14.3 Å². The van der Waals surface area contributed by atoms with Crippen LogP contribution in [0.5, 0.6) is 0 Å². The second kappa shape index (κ2) is 9.45. The van der Waals surface area contributed by atoms with Gasteiger partial charge in [-0.15, -0.1) is 0 Å². The van der Waals surface area contributed by atoms with Gasteiger partial charge in [-0.1, -0.05) is 41.6 Å². The van der Waals surface area contributed by atoms with Gasteiger partial charge in [0, 0.05) is 36.7 Å². The number of methoxy groups -OCH3 is 2. The summed E-state index contributed by atoms with van der Waals surface area (Å²) in [5.74, 6) is -0.422. The van der Waals surface area contributed by atoms with Crippen LogP contribution in [0, 0.1) is 0 Å². The molecule has 0 radical (unpaired) electrons. The van der Waals surface area contributed by atoms with E-state index in [1.54, 1.807) is 36.2 Å². The Morgan fingerprint density at radius 1 is 1.24 bits per heavy atom. The number of halogens is 1. The van der Waals surface area contributed by atoms with Gasteiger partial charge in [0.05, 0.1) is 17.1 Å². The van der Waals surface area contributed by atoms with Crippen molar-refractivity contribution in [2.24, 2.45) is 0 Å². The van der Waals surface area contributed by atoms with Crippen molar-refractivity contribution in [3.05, 3.63) is 63.5 Å². The maximum atomic E-state index is 12.8. The Bertz CT molecular complexity index is 959. The summed E-state index contributed by atoms with van der Waals surface area (Å²) >= 11 is 7.57. The molecule has 1 N–H and O–H groups in total. The fraction of sp³-hybridized carbons (Fsp3) is 0.238. The quantitative estimate of drug-likeness (QED) is 0.555. The third kappa shape index (κ3) is 4.82. The van der Waals surface area contributed by atoms with Gasteiger partial charge in [0.25, 0.3) is 11.8 Å². The lowest BCUT2D eigenvalue weighted by Crippen LogP contribution is -2.34. The van der Waals surface area contributed by atoms with Crippen LogP contribution in [-0.4, -0.2) is 45.9 Å². The molecule has 0 saturated carbocycles. The lowest BCUT2D eigenvalue weighted by atomic mass is 10.1. The van der Waals surface area contributed by atoms with Gasteiger partial charge in [-0.3, -0.25) is 9.59 Å². The van der Waals surface area contributed by atoms with Crippen LogP contribution < -0.4 is 10.2 Å². The lowest BCUT2D eigenvalue weighted by Gasteiger charge is -2.27. The zero-order valence-corrected chi connectivity index (χ0v) is 17.8. The summed E-state index contributed by atoms with van der Waals surface area (Å²) in [6.07, 6.45) is 1.26. The molecular weight excluding hydrogens is 412 g/mol. The Labute approximate surface area is 178 Å². The smallest absolute Gasteiger partial charge is 0.264 e. The van der Waals surface area contributed by atoms with Crippen LogP contribution in [0.1, 0.15) is 15.9 Å². The Morgan fingerprint density at radius 2 is 1.97 bits per heavy atom. The van der Waals surface area contributed by atoms with Crippen molar-refractivity contribution < 1.29 is 19.1 Å². The molecule has 29 heavy (non-hydrogen) atoms. The number of benzene rings is 2. The fourth-order valence-electron chi connectivity index (χ4n) is 2.81. The SMILES string of the molecule is COC(CNC(=O)c1ccc2c(c1)N(C)C(=O)/C(=C/c1ccccc1Cl)S2)OC. The molecule has 3 rings (SSSR count). The second-order valence-corrected chi connectivity index (χ2v) is 7.78. The Kier molecular flexibility index (Phi) is 6.97. The number of hydrogen-bond donors (Lipinski definition) is 1. The van der Waals surface area contributed by atoms with Gasteiger partial charge in [0.1, 0.15) is 0 Å². The highest BCUT2D eigenvalue weighted by atomic mass is 35.5.